The number of nitrogens with zero attached hydrogens (tertiary/aromatic N) is 2. The Morgan fingerprint density at radius 3 is 2.65 bits per heavy atom. The fourth-order valence-electron chi connectivity index (χ4n) is 2.69. The number of hydrogen-bond donors (Lipinski definition) is 1. The Kier molecular flexibility index (Phi) is 5.69. The smallest absolute Gasteiger partial charge is 0.254 e. The van der Waals surface area contributed by atoms with Crippen LogP contribution in [0.15, 0.2) is 71.5 Å². The summed E-state index contributed by atoms with van der Waals surface area (Å²) in [5.74, 6) is 1.46. The van der Waals surface area contributed by atoms with E-state index in [0.29, 0.717) is 24.5 Å². The van der Waals surface area contributed by atoms with Gasteiger partial charge in [-0.2, -0.15) is 0 Å². The minimum absolute atomic E-state index is 0.00713. The maximum Gasteiger partial charge on any atom is 0.254 e. The summed E-state index contributed by atoms with van der Waals surface area (Å²) in [6.07, 6.45) is 3.28. The zero-order chi connectivity index (χ0) is 18.4. The first-order chi connectivity index (χ1) is 12.6. The zero-order valence-electron chi connectivity index (χ0n) is 15.1. The Balaban J connectivity index is 1.73. The molecule has 0 saturated carbocycles. The molecule has 0 spiro atoms. The quantitative estimate of drug-likeness (QED) is 0.689. The topological polar surface area (TPSA) is 58.4 Å². The lowest BCUT2D eigenvalue weighted by atomic mass is 10.1. The number of anilines is 1. The minimum Gasteiger partial charge on any atom is -0.467 e. The van der Waals surface area contributed by atoms with Crippen molar-refractivity contribution in [1.82, 2.24) is 9.88 Å². The second-order valence-corrected chi connectivity index (χ2v) is 6.38. The van der Waals surface area contributed by atoms with Crippen LogP contribution in [0.3, 0.4) is 0 Å². The molecule has 0 aliphatic carbocycles. The molecule has 134 valence electrons. The van der Waals surface area contributed by atoms with Crippen LogP contribution in [0.5, 0.6) is 0 Å². The molecular formula is C21H23N3O2. The highest BCUT2D eigenvalue weighted by Gasteiger charge is 2.19. The lowest BCUT2D eigenvalue weighted by Gasteiger charge is -2.27. The van der Waals surface area contributed by atoms with Crippen molar-refractivity contribution >= 4 is 11.7 Å². The molecule has 0 atom stereocenters. The summed E-state index contributed by atoms with van der Waals surface area (Å²) in [5.41, 5.74) is 1.73. The lowest BCUT2D eigenvalue weighted by Crippen LogP contribution is -2.36. The number of furan rings is 1. The van der Waals surface area contributed by atoms with Crippen molar-refractivity contribution in [3.63, 3.8) is 0 Å². The molecule has 2 aromatic heterocycles. The van der Waals surface area contributed by atoms with Crippen LogP contribution in [0.25, 0.3) is 0 Å². The van der Waals surface area contributed by atoms with Crippen LogP contribution in [-0.2, 0) is 13.1 Å². The van der Waals surface area contributed by atoms with E-state index in [1.54, 1.807) is 24.6 Å². The monoisotopic (exact) mass is 349 g/mol. The Hall–Kier alpha value is -3.08. The van der Waals surface area contributed by atoms with Crippen LogP contribution in [0.2, 0.25) is 0 Å². The zero-order valence-corrected chi connectivity index (χ0v) is 15.1. The molecule has 2 heterocycles. The number of aromatic nitrogens is 1. The number of nitrogens with one attached hydrogen (secondary N) is 1. The standard InChI is InChI=1S/C21H23N3O2/c1-16(2)24(15-17-7-4-3-5-8-17)21(25)18-10-11-22-20(13-18)23-14-19-9-6-12-26-19/h3-13,16H,14-15H2,1-2H3,(H,22,23). The number of hydrogen-bond acceptors (Lipinski definition) is 4. The molecule has 0 fully saturated rings. The Morgan fingerprint density at radius 2 is 1.96 bits per heavy atom. The maximum absolute atomic E-state index is 13.0. The second-order valence-electron chi connectivity index (χ2n) is 6.38. The van der Waals surface area contributed by atoms with Gasteiger partial charge in [-0.25, -0.2) is 4.98 Å². The largest absolute Gasteiger partial charge is 0.467 e. The third kappa shape index (κ3) is 4.51. The van der Waals surface area contributed by atoms with E-state index in [4.69, 9.17) is 4.42 Å². The van der Waals surface area contributed by atoms with E-state index in [1.807, 2.05) is 61.2 Å². The van der Waals surface area contributed by atoms with E-state index in [-0.39, 0.29) is 11.9 Å². The normalized spacial score (nSPS) is 10.7. The summed E-state index contributed by atoms with van der Waals surface area (Å²) >= 11 is 0. The van der Waals surface area contributed by atoms with E-state index in [9.17, 15) is 4.79 Å². The molecule has 1 amide bonds. The molecule has 5 nitrogen and oxygen atoms in total. The van der Waals surface area contributed by atoms with Gasteiger partial charge in [0, 0.05) is 24.3 Å². The highest BCUT2D eigenvalue weighted by molar-refractivity contribution is 5.95. The molecule has 3 aromatic rings. The van der Waals surface area contributed by atoms with Crippen LogP contribution in [0.1, 0.15) is 35.5 Å². The van der Waals surface area contributed by atoms with Crippen molar-refractivity contribution in [2.24, 2.45) is 0 Å². The molecule has 0 aliphatic rings. The van der Waals surface area contributed by atoms with Gasteiger partial charge in [-0.3, -0.25) is 4.79 Å². The SMILES string of the molecule is CC(C)N(Cc1ccccc1)C(=O)c1ccnc(NCc2ccco2)c1. The lowest BCUT2D eigenvalue weighted by molar-refractivity contribution is 0.0690. The third-order valence-electron chi connectivity index (χ3n) is 4.11. The molecular weight excluding hydrogens is 326 g/mol. The van der Waals surface area contributed by atoms with Crippen LogP contribution in [0.4, 0.5) is 5.82 Å². The van der Waals surface area contributed by atoms with Crippen molar-refractivity contribution < 1.29 is 9.21 Å². The van der Waals surface area contributed by atoms with Gasteiger partial charge < -0.3 is 14.6 Å². The molecule has 26 heavy (non-hydrogen) atoms. The molecule has 0 aliphatic heterocycles. The van der Waals surface area contributed by atoms with Gasteiger partial charge in [0.2, 0.25) is 0 Å². The van der Waals surface area contributed by atoms with Crippen LogP contribution >= 0.6 is 0 Å². The summed E-state index contributed by atoms with van der Waals surface area (Å²) in [6.45, 7) is 5.15. The highest BCUT2D eigenvalue weighted by atomic mass is 16.3. The van der Waals surface area contributed by atoms with Gasteiger partial charge in [0.25, 0.3) is 5.91 Å². The third-order valence-corrected chi connectivity index (χ3v) is 4.11. The van der Waals surface area contributed by atoms with Crippen molar-refractivity contribution in [2.75, 3.05) is 5.32 Å². The number of rotatable bonds is 7. The molecule has 1 aromatic carbocycles. The fourth-order valence-corrected chi connectivity index (χ4v) is 2.69. The van der Waals surface area contributed by atoms with E-state index >= 15 is 0 Å². The molecule has 5 heteroatoms. The molecule has 0 saturated heterocycles. The molecule has 0 bridgehead atoms. The van der Waals surface area contributed by atoms with Crippen molar-refractivity contribution in [3.8, 4) is 0 Å². The second kappa shape index (κ2) is 8.34. The van der Waals surface area contributed by atoms with E-state index in [1.165, 1.54) is 0 Å². The van der Waals surface area contributed by atoms with Gasteiger partial charge >= 0.3 is 0 Å². The van der Waals surface area contributed by atoms with E-state index in [0.717, 1.165) is 11.3 Å². The Labute approximate surface area is 153 Å². The van der Waals surface area contributed by atoms with Gasteiger partial charge in [-0.05, 0) is 43.7 Å². The fraction of sp³-hybridized carbons (Fsp3) is 0.238. The van der Waals surface area contributed by atoms with Gasteiger partial charge in [0.05, 0.1) is 12.8 Å². The first-order valence-corrected chi connectivity index (χ1v) is 8.70. The number of benzene rings is 1. The van der Waals surface area contributed by atoms with Crippen LogP contribution in [-0.4, -0.2) is 21.8 Å². The maximum atomic E-state index is 13.0. The molecule has 0 radical (unpaired) electrons. The summed E-state index contributed by atoms with van der Waals surface area (Å²) in [4.78, 5) is 19.2. The number of carbonyl (C=O) groups excluding carboxylic acids is 1. The molecule has 3 rings (SSSR count). The van der Waals surface area contributed by atoms with Crippen LogP contribution in [0, 0.1) is 0 Å². The summed E-state index contributed by atoms with van der Waals surface area (Å²) in [6, 6.07) is 17.4. The van der Waals surface area contributed by atoms with Crippen molar-refractivity contribution in [1.29, 1.82) is 0 Å². The van der Waals surface area contributed by atoms with Gasteiger partial charge in [-0.15, -0.1) is 0 Å². The van der Waals surface area contributed by atoms with Gasteiger partial charge in [0.15, 0.2) is 0 Å². The Bertz CT molecular complexity index is 829. The summed E-state index contributed by atoms with van der Waals surface area (Å²) in [7, 11) is 0. The molecule has 1 N–H and O–H groups in total. The molecule has 0 unspecified atom stereocenters. The van der Waals surface area contributed by atoms with Crippen molar-refractivity contribution in [3.05, 3.63) is 83.9 Å². The number of carbonyl (C=O) groups is 1. The van der Waals surface area contributed by atoms with Gasteiger partial charge in [-0.1, -0.05) is 30.3 Å². The average molecular weight is 349 g/mol. The van der Waals surface area contributed by atoms with Gasteiger partial charge in [0.1, 0.15) is 11.6 Å². The van der Waals surface area contributed by atoms with E-state index in [2.05, 4.69) is 10.3 Å². The number of pyridine rings is 1. The highest BCUT2D eigenvalue weighted by Crippen LogP contribution is 2.16. The summed E-state index contributed by atoms with van der Waals surface area (Å²) in [5, 5.41) is 3.18. The first kappa shape index (κ1) is 17.7. The Morgan fingerprint density at radius 1 is 1.15 bits per heavy atom. The summed E-state index contributed by atoms with van der Waals surface area (Å²) < 4.78 is 5.30. The first-order valence-electron chi connectivity index (χ1n) is 8.70. The number of amides is 1. The van der Waals surface area contributed by atoms with Crippen LogP contribution < -0.4 is 5.32 Å². The van der Waals surface area contributed by atoms with Crippen molar-refractivity contribution in [2.45, 2.75) is 33.0 Å². The minimum atomic E-state index is -0.00713. The predicted molar refractivity (Wildman–Crippen MR) is 102 cm³/mol. The predicted octanol–water partition coefficient (Wildman–Crippen LogP) is 4.34. The van der Waals surface area contributed by atoms with E-state index < -0.39 is 0 Å². The average Bonchev–Trinajstić information content (AvgIpc) is 3.18.